The van der Waals surface area contributed by atoms with Crippen LogP contribution in [0.25, 0.3) is 0 Å². The highest BCUT2D eigenvalue weighted by atomic mass is 16.5. The third kappa shape index (κ3) is 1.54. The van der Waals surface area contributed by atoms with Crippen LogP contribution in [0.3, 0.4) is 0 Å². The maximum Gasteiger partial charge on any atom is 0.337 e. The number of benzene rings is 1. The van der Waals surface area contributed by atoms with Gasteiger partial charge >= 0.3 is 5.97 Å². The van der Waals surface area contributed by atoms with Gasteiger partial charge in [-0.25, -0.2) is 4.79 Å². The van der Waals surface area contributed by atoms with Crippen LogP contribution in [0.1, 0.15) is 23.2 Å². The minimum atomic E-state index is -0.720. The van der Waals surface area contributed by atoms with Gasteiger partial charge in [0.2, 0.25) is 0 Å². The number of methoxy groups -OCH3 is 1. The highest BCUT2D eigenvalue weighted by molar-refractivity contribution is 5.91. The van der Waals surface area contributed by atoms with Crippen molar-refractivity contribution in [2.75, 3.05) is 12.4 Å². The highest BCUT2D eigenvalue weighted by Gasteiger charge is 2.54. The van der Waals surface area contributed by atoms with Crippen LogP contribution in [0.2, 0.25) is 0 Å². The molecule has 2 aliphatic rings. The first-order valence-corrected chi connectivity index (χ1v) is 5.51. The summed E-state index contributed by atoms with van der Waals surface area (Å²) in [5, 5.41) is 12.8. The summed E-state index contributed by atoms with van der Waals surface area (Å²) in [7, 11) is 1.33. The van der Waals surface area contributed by atoms with Gasteiger partial charge in [0.05, 0.1) is 18.4 Å². The normalized spacial score (nSPS) is 23.3. The van der Waals surface area contributed by atoms with Gasteiger partial charge in [-0.1, -0.05) is 0 Å². The summed E-state index contributed by atoms with van der Waals surface area (Å²) < 4.78 is 10.4. The quantitative estimate of drug-likeness (QED) is 0.714. The van der Waals surface area contributed by atoms with E-state index in [4.69, 9.17) is 4.74 Å². The van der Waals surface area contributed by atoms with E-state index in [9.17, 15) is 9.90 Å². The molecule has 1 fully saturated rings. The first-order valence-electron chi connectivity index (χ1n) is 5.51. The number of carbonyl (C=O) groups excluding carboxylic acids is 1. The van der Waals surface area contributed by atoms with Crippen LogP contribution in [-0.4, -0.2) is 30.0 Å². The van der Waals surface area contributed by atoms with E-state index in [-0.39, 0.29) is 0 Å². The Kier molecular flexibility index (Phi) is 2.06. The van der Waals surface area contributed by atoms with Gasteiger partial charge in [0.25, 0.3) is 0 Å². The van der Waals surface area contributed by atoms with Crippen molar-refractivity contribution in [2.45, 2.75) is 24.7 Å². The molecule has 1 aromatic carbocycles. The fourth-order valence-corrected chi connectivity index (χ4v) is 2.03. The Morgan fingerprint density at radius 3 is 3.00 bits per heavy atom. The van der Waals surface area contributed by atoms with E-state index in [0.29, 0.717) is 17.0 Å². The molecule has 90 valence electrons. The number of ether oxygens (including phenoxy) is 2. The van der Waals surface area contributed by atoms with Crippen LogP contribution in [0, 0.1) is 0 Å². The maximum absolute atomic E-state index is 11.4. The molecular weight excluding hydrogens is 222 g/mol. The molecule has 0 radical (unpaired) electrons. The molecule has 3 rings (SSSR count). The minimum absolute atomic E-state index is 0.407. The van der Waals surface area contributed by atoms with Gasteiger partial charge in [-0.05, 0) is 31.0 Å². The average Bonchev–Trinajstić information content (AvgIpc) is 3.10. The second kappa shape index (κ2) is 3.37. The first-order chi connectivity index (χ1) is 8.14. The maximum atomic E-state index is 11.4. The van der Waals surface area contributed by atoms with E-state index < -0.39 is 17.8 Å². The van der Waals surface area contributed by atoms with Gasteiger partial charge in [0.1, 0.15) is 5.75 Å². The summed E-state index contributed by atoms with van der Waals surface area (Å²) in [6.07, 6.45) is 0.974. The first kappa shape index (κ1) is 10.4. The van der Waals surface area contributed by atoms with E-state index in [1.807, 2.05) is 0 Å². The third-order valence-corrected chi connectivity index (χ3v) is 3.25. The SMILES string of the molecule is COC(=O)c1ccc2c(c1)NC(O)C1(CC1)O2. The third-order valence-electron chi connectivity index (χ3n) is 3.25. The summed E-state index contributed by atoms with van der Waals surface area (Å²) in [4.78, 5) is 11.4. The molecule has 1 heterocycles. The number of aliphatic hydroxyl groups excluding tert-OH is 1. The van der Waals surface area contributed by atoms with Gasteiger partial charge < -0.3 is 19.9 Å². The van der Waals surface area contributed by atoms with E-state index >= 15 is 0 Å². The Hall–Kier alpha value is -1.75. The van der Waals surface area contributed by atoms with Crippen molar-refractivity contribution in [3.8, 4) is 5.75 Å². The molecule has 5 nitrogen and oxygen atoms in total. The van der Waals surface area contributed by atoms with Crippen molar-refractivity contribution in [1.29, 1.82) is 0 Å². The van der Waals surface area contributed by atoms with Crippen LogP contribution in [-0.2, 0) is 4.74 Å². The average molecular weight is 235 g/mol. The summed E-state index contributed by atoms with van der Waals surface area (Å²) in [6.45, 7) is 0. The van der Waals surface area contributed by atoms with Gasteiger partial charge in [0.15, 0.2) is 11.8 Å². The van der Waals surface area contributed by atoms with Crippen molar-refractivity contribution < 1.29 is 19.4 Å². The lowest BCUT2D eigenvalue weighted by Gasteiger charge is -2.32. The van der Waals surface area contributed by atoms with Crippen molar-refractivity contribution in [3.63, 3.8) is 0 Å². The fraction of sp³-hybridized carbons (Fsp3) is 0.417. The molecule has 1 aliphatic heterocycles. The molecule has 5 heteroatoms. The second-order valence-corrected chi connectivity index (χ2v) is 4.42. The van der Waals surface area contributed by atoms with E-state index in [2.05, 4.69) is 10.1 Å². The summed E-state index contributed by atoms with van der Waals surface area (Å²) in [6, 6.07) is 5.00. The zero-order valence-electron chi connectivity index (χ0n) is 9.40. The largest absolute Gasteiger partial charge is 0.480 e. The molecule has 17 heavy (non-hydrogen) atoms. The van der Waals surface area contributed by atoms with Crippen molar-refractivity contribution in [2.24, 2.45) is 0 Å². The molecule has 0 amide bonds. The Balaban J connectivity index is 1.94. The lowest BCUT2D eigenvalue weighted by atomic mass is 10.1. The Morgan fingerprint density at radius 1 is 1.59 bits per heavy atom. The van der Waals surface area contributed by atoms with Crippen molar-refractivity contribution in [1.82, 2.24) is 0 Å². The summed E-state index contributed by atoms with van der Waals surface area (Å²) in [5.41, 5.74) is 0.596. The monoisotopic (exact) mass is 235 g/mol. The Labute approximate surface area is 98.3 Å². The zero-order chi connectivity index (χ0) is 12.0. The number of aliphatic hydroxyl groups is 1. The van der Waals surface area contributed by atoms with E-state index in [0.717, 1.165) is 12.8 Å². The molecule has 0 aromatic heterocycles. The van der Waals surface area contributed by atoms with Crippen LogP contribution in [0.15, 0.2) is 18.2 Å². The molecular formula is C12H13NO4. The molecule has 1 atom stereocenters. The number of anilines is 1. The Bertz CT molecular complexity index is 481. The van der Waals surface area contributed by atoms with Crippen LogP contribution in [0.4, 0.5) is 5.69 Å². The van der Waals surface area contributed by atoms with E-state index in [1.165, 1.54) is 7.11 Å². The summed E-state index contributed by atoms with van der Waals surface area (Å²) in [5.74, 6) is 0.260. The predicted molar refractivity (Wildman–Crippen MR) is 60.0 cm³/mol. The zero-order valence-corrected chi connectivity index (χ0v) is 9.40. The highest BCUT2D eigenvalue weighted by Crippen LogP contribution is 2.48. The van der Waals surface area contributed by atoms with Gasteiger partial charge in [-0.15, -0.1) is 0 Å². The molecule has 1 aliphatic carbocycles. The van der Waals surface area contributed by atoms with Gasteiger partial charge in [0, 0.05) is 0 Å². The topological polar surface area (TPSA) is 67.8 Å². The summed E-state index contributed by atoms with van der Waals surface area (Å²) >= 11 is 0. The molecule has 0 saturated heterocycles. The van der Waals surface area contributed by atoms with Crippen molar-refractivity contribution >= 4 is 11.7 Å². The van der Waals surface area contributed by atoms with Gasteiger partial charge in [-0.2, -0.15) is 0 Å². The number of hydrogen-bond acceptors (Lipinski definition) is 5. The fourth-order valence-electron chi connectivity index (χ4n) is 2.03. The molecule has 1 unspecified atom stereocenters. The van der Waals surface area contributed by atoms with Crippen LogP contribution < -0.4 is 10.1 Å². The molecule has 1 spiro atoms. The number of hydrogen-bond donors (Lipinski definition) is 2. The second-order valence-electron chi connectivity index (χ2n) is 4.42. The smallest absolute Gasteiger partial charge is 0.337 e. The van der Waals surface area contributed by atoms with Crippen LogP contribution in [0.5, 0.6) is 5.75 Å². The van der Waals surface area contributed by atoms with Crippen LogP contribution >= 0.6 is 0 Å². The van der Waals surface area contributed by atoms with Gasteiger partial charge in [-0.3, -0.25) is 0 Å². The Morgan fingerprint density at radius 2 is 2.35 bits per heavy atom. The molecule has 2 N–H and O–H groups in total. The van der Waals surface area contributed by atoms with Crippen molar-refractivity contribution in [3.05, 3.63) is 23.8 Å². The predicted octanol–water partition coefficient (Wildman–Crippen LogP) is 1.13. The molecule has 1 saturated carbocycles. The molecule has 0 bridgehead atoms. The van der Waals surface area contributed by atoms with E-state index in [1.54, 1.807) is 18.2 Å². The lowest BCUT2D eigenvalue weighted by Crippen LogP contribution is -2.43. The standard InChI is InChI=1S/C12H13NO4/c1-16-10(14)7-2-3-9-8(6-7)13-11(15)12(17-9)4-5-12/h2-3,6,11,13,15H,4-5H2,1H3. The number of esters is 1. The molecule has 1 aromatic rings. The number of carbonyl (C=O) groups is 1. The lowest BCUT2D eigenvalue weighted by molar-refractivity contribution is 0.0260. The number of rotatable bonds is 1. The number of nitrogens with one attached hydrogen (secondary N) is 1. The number of fused-ring (bicyclic) bond motifs is 1. The minimum Gasteiger partial charge on any atom is -0.480 e.